The quantitative estimate of drug-likeness (QED) is 0.758. The summed E-state index contributed by atoms with van der Waals surface area (Å²) in [4.78, 5) is 31.1. The molecule has 0 spiro atoms. The first-order valence-electron chi connectivity index (χ1n) is 7.86. The molecule has 0 aliphatic carbocycles. The highest BCUT2D eigenvalue weighted by Gasteiger charge is 2.26. The smallest absolute Gasteiger partial charge is 0.227 e. The average molecular weight is 312 g/mol. The number of carbonyl (C=O) groups excluding carboxylic acids is 2. The van der Waals surface area contributed by atoms with Gasteiger partial charge < -0.3 is 15.6 Å². The highest BCUT2D eigenvalue weighted by atomic mass is 16.2. The van der Waals surface area contributed by atoms with E-state index >= 15 is 0 Å². The van der Waals surface area contributed by atoms with E-state index in [9.17, 15) is 9.59 Å². The summed E-state index contributed by atoms with van der Waals surface area (Å²) < 4.78 is 0. The van der Waals surface area contributed by atoms with E-state index in [4.69, 9.17) is 0 Å². The van der Waals surface area contributed by atoms with Crippen LogP contribution in [-0.2, 0) is 22.4 Å². The lowest BCUT2D eigenvalue weighted by Crippen LogP contribution is -2.32. The first kappa shape index (κ1) is 15.3. The number of benzene rings is 1. The Morgan fingerprint density at radius 2 is 2.22 bits per heavy atom. The van der Waals surface area contributed by atoms with Crippen LogP contribution < -0.4 is 10.6 Å². The lowest BCUT2D eigenvalue weighted by molar-refractivity contribution is -0.122. The van der Waals surface area contributed by atoms with Crippen molar-refractivity contribution in [1.29, 1.82) is 0 Å². The van der Waals surface area contributed by atoms with Crippen molar-refractivity contribution in [2.24, 2.45) is 5.92 Å². The maximum Gasteiger partial charge on any atom is 0.227 e. The lowest BCUT2D eigenvalue weighted by Gasteiger charge is -2.24. The second kappa shape index (κ2) is 7.09. The van der Waals surface area contributed by atoms with Crippen molar-refractivity contribution in [2.45, 2.75) is 25.7 Å². The first-order valence-corrected chi connectivity index (χ1v) is 7.86. The number of anilines is 1. The third-order valence-corrected chi connectivity index (χ3v) is 4.07. The Hall–Kier alpha value is -2.63. The van der Waals surface area contributed by atoms with Gasteiger partial charge in [-0.15, -0.1) is 0 Å². The van der Waals surface area contributed by atoms with Crippen LogP contribution in [0.4, 0.5) is 5.69 Å². The molecule has 0 radical (unpaired) electrons. The molecule has 1 aromatic carbocycles. The van der Waals surface area contributed by atoms with Crippen molar-refractivity contribution in [3.63, 3.8) is 0 Å². The van der Waals surface area contributed by atoms with Crippen LogP contribution in [-0.4, -0.2) is 28.3 Å². The fourth-order valence-corrected chi connectivity index (χ4v) is 2.80. The molecule has 0 unspecified atom stereocenters. The van der Waals surface area contributed by atoms with E-state index in [2.05, 4.69) is 20.6 Å². The molecule has 2 aromatic rings. The molecule has 1 atom stereocenters. The van der Waals surface area contributed by atoms with Gasteiger partial charge in [-0.3, -0.25) is 9.59 Å². The predicted octanol–water partition coefficient (Wildman–Crippen LogP) is 1.66. The Morgan fingerprint density at radius 1 is 1.35 bits per heavy atom. The summed E-state index contributed by atoms with van der Waals surface area (Å²) in [5.74, 6) is 0.699. The fourth-order valence-electron chi connectivity index (χ4n) is 2.80. The fraction of sp³-hybridized carbons (Fsp3) is 0.353. The largest absolute Gasteiger partial charge is 0.356 e. The molecule has 3 N–H and O–H groups in total. The molecule has 0 saturated carbocycles. The van der Waals surface area contributed by atoms with Gasteiger partial charge in [0.2, 0.25) is 11.8 Å². The zero-order chi connectivity index (χ0) is 16.1. The van der Waals surface area contributed by atoms with Gasteiger partial charge in [0.05, 0.1) is 0 Å². The third-order valence-electron chi connectivity index (χ3n) is 4.07. The van der Waals surface area contributed by atoms with Crippen LogP contribution in [0.5, 0.6) is 0 Å². The van der Waals surface area contributed by atoms with Crippen molar-refractivity contribution in [1.82, 2.24) is 15.3 Å². The van der Waals surface area contributed by atoms with E-state index in [1.54, 1.807) is 12.4 Å². The van der Waals surface area contributed by atoms with Gasteiger partial charge in [-0.1, -0.05) is 18.2 Å². The zero-order valence-corrected chi connectivity index (χ0v) is 12.8. The Kier molecular flexibility index (Phi) is 4.71. The minimum Gasteiger partial charge on any atom is -0.356 e. The van der Waals surface area contributed by atoms with E-state index < -0.39 is 0 Å². The molecule has 6 nitrogen and oxygen atoms in total. The number of carbonyl (C=O) groups is 2. The Bertz CT molecular complexity index is 682. The predicted molar refractivity (Wildman–Crippen MR) is 86.8 cm³/mol. The molecule has 120 valence electrons. The minimum absolute atomic E-state index is 0.00656. The standard InChI is InChI=1S/C17H20N4O2/c22-16(20-8-7-15-18-9-10-19-15)6-5-13-11-12-3-1-2-4-14(12)21-17(13)23/h1-4,9-10,13H,5-8,11H2,(H,18,19)(H,20,22)(H,21,23)/t13-/m1/s1. The van der Waals surface area contributed by atoms with Gasteiger partial charge in [-0.2, -0.15) is 0 Å². The second-order valence-electron chi connectivity index (χ2n) is 5.72. The van der Waals surface area contributed by atoms with Crippen molar-refractivity contribution in [3.8, 4) is 0 Å². The van der Waals surface area contributed by atoms with Crippen molar-refractivity contribution >= 4 is 17.5 Å². The van der Waals surface area contributed by atoms with Crippen LogP contribution in [0.1, 0.15) is 24.2 Å². The van der Waals surface area contributed by atoms with Crippen molar-refractivity contribution in [3.05, 3.63) is 48.0 Å². The van der Waals surface area contributed by atoms with Crippen LogP contribution in [0, 0.1) is 5.92 Å². The highest BCUT2D eigenvalue weighted by molar-refractivity contribution is 5.96. The van der Waals surface area contributed by atoms with Crippen molar-refractivity contribution in [2.75, 3.05) is 11.9 Å². The molecule has 1 aliphatic heterocycles. The summed E-state index contributed by atoms with van der Waals surface area (Å²) in [6.07, 6.45) is 5.75. The summed E-state index contributed by atoms with van der Waals surface area (Å²) in [6.45, 7) is 0.548. The normalized spacial score (nSPS) is 16.5. The SMILES string of the molecule is O=C(CC[C@@H]1Cc2ccccc2NC1=O)NCCc1ncc[nH]1. The van der Waals surface area contributed by atoms with Gasteiger partial charge in [0, 0.05) is 43.4 Å². The number of hydrogen-bond donors (Lipinski definition) is 3. The molecule has 1 aromatic heterocycles. The Morgan fingerprint density at radius 3 is 3.04 bits per heavy atom. The van der Waals surface area contributed by atoms with Gasteiger partial charge in [0.25, 0.3) is 0 Å². The molecule has 0 saturated heterocycles. The Balaban J connectivity index is 1.43. The number of para-hydroxylation sites is 1. The molecule has 0 fully saturated rings. The van der Waals surface area contributed by atoms with Gasteiger partial charge in [-0.05, 0) is 24.5 Å². The number of rotatable bonds is 6. The molecule has 23 heavy (non-hydrogen) atoms. The second-order valence-corrected chi connectivity index (χ2v) is 5.72. The topological polar surface area (TPSA) is 86.9 Å². The molecule has 2 amide bonds. The third kappa shape index (κ3) is 3.97. The molecule has 1 aliphatic rings. The van der Waals surface area contributed by atoms with Gasteiger partial charge in [0.15, 0.2) is 0 Å². The van der Waals surface area contributed by atoms with E-state index in [0.29, 0.717) is 32.2 Å². The first-order chi connectivity index (χ1) is 11.2. The number of aromatic nitrogens is 2. The zero-order valence-electron chi connectivity index (χ0n) is 12.8. The minimum atomic E-state index is -0.138. The number of nitrogens with zero attached hydrogens (tertiary/aromatic N) is 1. The van der Waals surface area contributed by atoms with E-state index in [1.807, 2.05) is 24.3 Å². The number of fused-ring (bicyclic) bond motifs is 1. The number of amides is 2. The molecular weight excluding hydrogens is 292 g/mol. The van der Waals surface area contributed by atoms with Crippen LogP contribution in [0.2, 0.25) is 0 Å². The maximum absolute atomic E-state index is 12.1. The van der Waals surface area contributed by atoms with E-state index in [1.165, 1.54) is 0 Å². The summed E-state index contributed by atoms with van der Waals surface area (Å²) in [6, 6.07) is 7.80. The summed E-state index contributed by atoms with van der Waals surface area (Å²) >= 11 is 0. The Labute approximate surface area is 134 Å². The number of hydrogen-bond acceptors (Lipinski definition) is 3. The lowest BCUT2D eigenvalue weighted by atomic mass is 9.89. The highest BCUT2D eigenvalue weighted by Crippen LogP contribution is 2.27. The number of imidazole rings is 1. The van der Waals surface area contributed by atoms with Gasteiger partial charge in [-0.25, -0.2) is 4.98 Å². The van der Waals surface area contributed by atoms with Crippen LogP contribution in [0.3, 0.4) is 0 Å². The summed E-state index contributed by atoms with van der Waals surface area (Å²) in [7, 11) is 0. The number of aromatic amines is 1. The molecule has 6 heteroatoms. The van der Waals surface area contributed by atoms with Crippen LogP contribution in [0.15, 0.2) is 36.7 Å². The number of nitrogens with one attached hydrogen (secondary N) is 3. The molecule has 0 bridgehead atoms. The van der Waals surface area contributed by atoms with E-state index in [-0.39, 0.29) is 17.7 Å². The maximum atomic E-state index is 12.1. The molecule has 3 rings (SSSR count). The summed E-state index contributed by atoms with van der Waals surface area (Å²) in [5.41, 5.74) is 2.02. The molecule has 2 heterocycles. The van der Waals surface area contributed by atoms with Gasteiger partial charge in [0.1, 0.15) is 5.82 Å². The van der Waals surface area contributed by atoms with E-state index in [0.717, 1.165) is 17.1 Å². The average Bonchev–Trinajstić information content (AvgIpc) is 3.06. The van der Waals surface area contributed by atoms with Crippen LogP contribution >= 0.6 is 0 Å². The van der Waals surface area contributed by atoms with Gasteiger partial charge >= 0.3 is 0 Å². The number of H-pyrrole nitrogens is 1. The summed E-state index contributed by atoms with van der Waals surface area (Å²) in [5, 5.41) is 5.78. The van der Waals surface area contributed by atoms with Crippen molar-refractivity contribution < 1.29 is 9.59 Å². The molecular formula is C17H20N4O2. The monoisotopic (exact) mass is 312 g/mol. The van der Waals surface area contributed by atoms with Crippen LogP contribution in [0.25, 0.3) is 0 Å².